The standard InChI is InChI=1S/C20H34N2O5/c1-18(2,3)14(21-17(25)27-19(4,5)6)15(23)22-10-11-12(20(11,7)8)13(22)16(24)26-9/h11-14H,10H2,1-9H3,(H,21,25)/t11-,12-,13-,14+/m0/s1/i7D3/t11-,12-,13-,14+,20?. The number of piperidine rings is 1. The molecule has 154 valence electrons. The van der Waals surface area contributed by atoms with Crippen molar-refractivity contribution in [1.29, 1.82) is 0 Å². The summed E-state index contributed by atoms with van der Waals surface area (Å²) < 4.78 is 33.8. The van der Waals surface area contributed by atoms with Crippen molar-refractivity contribution in [3.05, 3.63) is 0 Å². The summed E-state index contributed by atoms with van der Waals surface area (Å²) in [5, 5.41) is 2.63. The Kier molecular flexibility index (Phi) is 4.28. The minimum Gasteiger partial charge on any atom is -0.467 e. The molecule has 2 amide bonds. The van der Waals surface area contributed by atoms with Crippen LogP contribution < -0.4 is 5.32 Å². The zero-order valence-corrected chi connectivity index (χ0v) is 17.5. The van der Waals surface area contributed by atoms with Gasteiger partial charge in [-0.2, -0.15) is 0 Å². The molecule has 1 saturated heterocycles. The zero-order chi connectivity index (χ0) is 23.4. The number of methoxy groups -OCH3 is 1. The minimum absolute atomic E-state index is 0.126. The van der Waals surface area contributed by atoms with Gasteiger partial charge in [0, 0.05) is 16.6 Å². The molecule has 1 unspecified atom stereocenters. The molecule has 5 atom stereocenters. The van der Waals surface area contributed by atoms with Gasteiger partial charge in [0.15, 0.2) is 0 Å². The molecular formula is C20H34N2O5. The van der Waals surface area contributed by atoms with Gasteiger partial charge in [-0.05, 0) is 37.5 Å². The molecule has 0 aromatic carbocycles. The Morgan fingerprint density at radius 1 is 1.22 bits per heavy atom. The number of hydrogen-bond donors (Lipinski definition) is 1. The third-order valence-corrected chi connectivity index (χ3v) is 5.36. The maximum atomic E-state index is 13.5. The number of carbonyl (C=O) groups excluding carboxylic acids is 3. The van der Waals surface area contributed by atoms with E-state index in [-0.39, 0.29) is 12.5 Å². The monoisotopic (exact) mass is 385 g/mol. The first-order chi connectivity index (χ1) is 13.4. The zero-order valence-electron chi connectivity index (χ0n) is 20.5. The number of nitrogens with zero attached hydrogens (tertiary/aromatic N) is 1. The number of nitrogens with one attached hydrogen (secondary N) is 1. The van der Waals surface area contributed by atoms with Gasteiger partial charge < -0.3 is 19.7 Å². The number of carbonyl (C=O) groups is 3. The first kappa shape index (κ1) is 17.3. The molecule has 0 spiro atoms. The van der Waals surface area contributed by atoms with Crippen molar-refractivity contribution < 1.29 is 28.0 Å². The maximum Gasteiger partial charge on any atom is 0.408 e. The molecule has 1 aliphatic carbocycles. The second kappa shape index (κ2) is 6.67. The Balaban J connectivity index is 2.30. The summed E-state index contributed by atoms with van der Waals surface area (Å²) in [7, 11) is 1.22. The topological polar surface area (TPSA) is 84.9 Å². The molecule has 0 aromatic rings. The quantitative estimate of drug-likeness (QED) is 0.755. The Morgan fingerprint density at radius 2 is 1.81 bits per heavy atom. The second-order valence-electron chi connectivity index (χ2n) is 9.82. The molecule has 1 N–H and O–H groups in total. The maximum absolute atomic E-state index is 13.5. The van der Waals surface area contributed by atoms with E-state index in [1.807, 2.05) is 0 Å². The summed E-state index contributed by atoms with van der Waals surface area (Å²) in [5.74, 6) is -1.94. The fourth-order valence-corrected chi connectivity index (χ4v) is 3.87. The van der Waals surface area contributed by atoms with Gasteiger partial charge in [-0.1, -0.05) is 34.5 Å². The van der Waals surface area contributed by atoms with Crippen LogP contribution in [0.15, 0.2) is 0 Å². The van der Waals surface area contributed by atoms with Gasteiger partial charge in [0.05, 0.1) is 7.11 Å². The van der Waals surface area contributed by atoms with Crippen molar-refractivity contribution in [3.8, 4) is 0 Å². The average Bonchev–Trinajstić information content (AvgIpc) is 2.96. The molecule has 27 heavy (non-hydrogen) atoms. The predicted molar refractivity (Wildman–Crippen MR) is 101 cm³/mol. The summed E-state index contributed by atoms with van der Waals surface area (Å²) in [5.41, 5.74) is -2.45. The molecule has 0 radical (unpaired) electrons. The highest BCUT2D eigenvalue weighted by molar-refractivity contribution is 5.91. The van der Waals surface area contributed by atoms with Crippen LogP contribution in [-0.4, -0.2) is 54.2 Å². The number of fused-ring (bicyclic) bond motifs is 1. The van der Waals surface area contributed by atoms with Crippen LogP contribution in [0, 0.1) is 22.7 Å². The van der Waals surface area contributed by atoms with Crippen LogP contribution in [0.4, 0.5) is 4.79 Å². The van der Waals surface area contributed by atoms with Gasteiger partial charge in [0.25, 0.3) is 0 Å². The Bertz CT molecular complexity index is 725. The second-order valence-corrected chi connectivity index (χ2v) is 9.82. The molecule has 0 aromatic heterocycles. The van der Waals surface area contributed by atoms with Gasteiger partial charge in [0.1, 0.15) is 17.7 Å². The molecule has 1 saturated carbocycles. The van der Waals surface area contributed by atoms with Crippen molar-refractivity contribution in [2.45, 2.75) is 73.0 Å². The number of likely N-dealkylation sites (tertiary alicyclic amines) is 1. The number of alkyl carbamates (subject to hydrolysis) is 1. The fraction of sp³-hybridized carbons (Fsp3) is 0.850. The molecular weight excluding hydrogens is 348 g/mol. The van der Waals surface area contributed by atoms with Crippen LogP contribution >= 0.6 is 0 Å². The molecule has 7 nitrogen and oxygen atoms in total. The van der Waals surface area contributed by atoms with Crippen molar-refractivity contribution >= 4 is 18.0 Å². The lowest BCUT2D eigenvalue weighted by Crippen LogP contribution is -2.58. The van der Waals surface area contributed by atoms with Crippen molar-refractivity contribution in [2.24, 2.45) is 22.7 Å². The normalized spacial score (nSPS) is 33.1. The van der Waals surface area contributed by atoms with E-state index < -0.39 is 59.3 Å². The van der Waals surface area contributed by atoms with E-state index in [4.69, 9.17) is 13.6 Å². The first-order valence-corrected chi connectivity index (χ1v) is 9.24. The van der Waals surface area contributed by atoms with Crippen LogP contribution in [0.25, 0.3) is 0 Å². The number of hydrogen-bond acceptors (Lipinski definition) is 5. The summed E-state index contributed by atoms with van der Waals surface area (Å²) >= 11 is 0. The molecule has 2 fully saturated rings. The third kappa shape index (κ3) is 4.22. The van der Waals surface area contributed by atoms with E-state index in [0.717, 1.165) is 0 Å². The van der Waals surface area contributed by atoms with Gasteiger partial charge in [-0.3, -0.25) is 4.79 Å². The largest absolute Gasteiger partial charge is 0.467 e. The summed E-state index contributed by atoms with van der Waals surface area (Å²) in [6, 6.07) is -1.96. The Morgan fingerprint density at radius 3 is 2.26 bits per heavy atom. The SMILES string of the molecule is [2H]C([2H])([2H])C1(C)[C@@H]2[C@@H](C(=O)OC)N(C(=O)[C@@H](NC(=O)OC(C)(C)C)C(C)(C)C)C[C@@H]21. The van der Waals surface area contributed by atoms with Crippen LogP contribution in [0.3, 0.4) is 0 Å². The van der Waals surface area contributed by atoms with Crippen LogP contribution in [0.5, 0.6) is 0 Å². The molecule has 1 aliphatic heterocycles. The number of esters is 1. The molecule has 7 heteroatoms. The summed E-state index contributed by atoms with van der Waals surface area (Å²) in [4.78, 5) is 39.7. The number of rotatable bonds is 3. The van der Waals surface area contributed by atoms with E-state index in [1.54, 1.807) is 48.5 Å². The van der Waals surface area contributed by atoms with E-state index in [1.165, 1.54) is 12.0 Å². The molecule has 2 rings (SSSR count). The van der Waals surface area contributed by atoms with Gasteiger partial charge in [-0.25, -0.2) is 9.59 Å². The molecule has 0 bridgehead atoms. The Hall–Kier alpha value is -1.79. The fourth-order valence-electron chi connectivity index (χ4n) is 3.87. The Labute approximate surface area is 166 Å². The smallest absolute Gasteiger partial charge is 0.408 e. The summed E-state index contributed by atoms with van der Waals surface area (Å²) in [6.07, 6.45) is -0.734. The molecule has 1 heterocycles. The minimum atomic E-state index is -2.25. The van der Waals surface area contributed by atoms with Gasteiger partial charge in [-0.15, -0.1) is 0 Å². The first-order valence-electron chi connectivity index (χ1n) is 10.7. The highest BCUT2D eigenvalue weighted by atomic mass is 16.6. The highest BCUT2D eigenvalue weighted by Gasteiger charge is 2.70. The van der Waals surface area contributed by atoms with Crippen LogP contribution in [0.1, 0.15) is 59.4 Å². The molecule has 2 aliphatic rings. The van der Waals surface area contributed by atoms with Gasteiger partial charge in [0.2, 0.25) is 5.91 Å². The van der Waals surface area contributed by atoms with E-state index in [2.05, 4.69) is 5.32 Å². The van der Waals surface area contributed by atoms with Crippen LogP contribution in [0.2, 0.25) is 0 Å². The van der Waals surface area contributed by atoms with Crippen molar-refractivity contribution in [1.82, 2.24) is 10.2 Å². The summed E-state index contributed by atoms with van der Waals surface area (Å²) in [6.45, 7) is 10.1. The van der Waals surface area contributed by atoms with Crippen molar-refractivity contribution in [2.75, 3.05) is 13.7 Å². The van der Waals surface area contributed by atoms with E-state index >= 15 is 0 Å². The number of amides is 2. The number of ether oxygens (including phenoxy) is 2. The van der Waals surface area contributed by atoms with Crippen molar-refractivity contribution in [3.63, 3.8) is 0 Å². The lowest BCUT2D eigenvalue weighted by Gasteiger charge is -2.37. The highest BCUT2D eigenvalue weighted by Crippen LogP contribution is 2.65. The third-order valence-electron chi connectivity index (χ3n) is 5.36. The average molecular weight is 386 g/mol. The lowest BCUT2D eigenvalue weighted by molar-refractivity contribution is -0.154. The van der Waals surface area contributed by atoms with E-state index in [9.17, 15) is 14.4 Å². The van der Waals surface area contributed by atoms with E-state index in [0.29, 0.717) is 0 Å². The van der Waals surface area contributed by atoms with Crippen LogP contribution in [-0.2, 0) is 19.1 Å². The predicted octanol–water partition coefficient (Wildman–Crippen LogP) is 2.58. The lowest BCUT2D eigenvalue weighted by atomic mass is 9.85. The van der Waals surface area contributed by atoms with Gasteiger partial charge >= 0.3 is 12.1 Å².